The quantitative estimate of drug-likeness (QED) is 0.931. The predicted molar refractivity (Wildman–Crippen MR) is 77.0 cm³/mol. The Balaban J connectivity index is 2.05. The fraction of sp³-hybridized carbons (Fsp3) is 0.438. The third kappa shape index (κ3) is 2.20. The van der Waals surface area contributed by atoms with Crippen molar-refractivity contribution in [1.29, 1.82) is 0 Å². The Hall–Kier alpha value is -1.81. The number of aliphatic hydroxyl groups is 1. The molecule has 20 heavy (non-hydrogen) atoms. The molecule has 1 aliphatic rings. The second kappa shape index (κ2) is 4.94. The van der Waals surface area contributed by atoms with Crippen molar-refractivity contribution in [2.75, 3.05) is 7.11 Å². The van der Waals surface area contributed by atoms with Gasteiger partial charge < -0.3 is 14.4 Å². The van der Waals surface area contributed by atoms with Crippen molar-refractivity contribution in [1.82, 2.24) is 9.55 Å². The maximum absolute atomic E-state index is 10.8. The minimum absolute atomic E-state index is 0.499. The van der Waals surface area contributed by atoms with Crippen LogP contribution in [0.3, 0.4) is 0 Å². The van der Waals surface area contributed by atoms with E-state index >= 15 is 0 Å². The molecule has 0 radical (unpaired) electrons. The first-order chi connectivity index (χ1) is 9.61. The lowest BCUT2D eigenvalue weighted by Gasteiger charge is -2.19. The van der Waals surface area contributed by atoms with Crippen molar-refractivity contribution >= 4 is 0 Å². The number of aliphatic hydroxyl groups excluding tert-OH is 1. The highest BCUT2D eigenvalue weighted by Crippen LogP contribution is 2.40. The molecular formula is C16H20N2O2. The van der Waals surface area contributed by atoms with Gasteiger partial charge in [0.05, 0.1) is 25.3 Å². The molecule has 3 rings (SSSR count). The second-order valence-corrected chi connectivity index (χ2v) is 5.56. The summed E-state index contributed by atoms with van der Waals surface area (Å²) in [6.45, 7) is 4.03. The number of benzene rings is 1. The number of nitrogens with zero attached hydrogens (tertiary/aromatic N) is 2. The van der Waals surface area contributed by atoms with Gasteiger partial charge in [-0.3, -0.25) is 0 Å². The van der Waals surface area contributed by atoms with Crippen molar-refractivity contribution in [3.63, 3.8) is 0 Å². The van der Waals surface area contributed by atoms with Crippen LogP contribution in [0.1, 0.15) is 47.4 Å². The summed E-state index contributed by atoms with van der Waals surface area (Å²) in [5.41, 5.74) is 3.85. The van der Waals surface area contributed by atoms with E-state index in [9.17, 15) is 5.11 Å². The molecule has 0 saturated heterocycles. The number of rotatable bonds is 4. The first-order valence-electron chi connectivity index (χ1n) is 6.96. The maximum atomic E-state index is 10.8. The third-order valence-corrected chi connectivity index (χ3v) is 3.90. The molecule has 1 fully saturated rings. The van der Waals surface area contributed by atoms with Gasteiger partial charge >= 0.3 is 0 Å². The summed E-state index contributed by atoms with van der Waals surface area (Å²) in [4.78, 5) is 4.19. The molecule has 4 nitrogen and oxygen atoms in total. The largest absolute Gasteiger partial charge is 0.496 e. The molecule has 106 valence electrons. The van der Waals surface area contributed by atoms with E-state index in [4.69, 9.17) is 4.74 Å². The van der Waals surface area contributed by atoms with Gasteiger partial charge in [0, 0.05) is 11.6 Å². The summed E-state index contributed by atoms with van der Waals surface area (Å²) in [7, 11) is 1.64. The molecule has 0 spiro atoms. The second-order valence-electron chi connectivity index (χ2n) is 5.56. The van der Waals surface area contributed by atoms with Crippen molar-refractivity contribution in [3.8, 4) is 5.75 Å². The Morgan fingerprint density at radius 3 is 2.75 bits per heavy atom. The van der Waals surface area contributed by atoms with Gasteiger partial charge in [0.2, 0.25) is 0 Å². The number of methoxy groups -OCH3 is 1. The monoisotopic (exact) mass is 272 g/mol. The number of aryl methyl sites for hydroxylation is 2. The topological polar surface area (TPSA) is 47.3 Å². The first kappa shape index (κ1) is 13.2. The molecule has 1 N–H and O–H groups in total. The lowest BCUT2D eigenvalue weighted by atomic mass is 9.98. The van der Waals surface area contributed by atoms with Crippen molar-refractivity contribution in [3.05, 3.63) is 47.0 Å². The van der Waals surface area contributed by atoms with E-state index in [-0.39, 0.29) is 0 Å². The Kier molecular flexibility index (Phi) is 3.26. The summed E-state index contributed by atoms with van der Waals surface area (Å²) in [6, 6.07) is 4.53. The van der Waals surface area contributed by atoms with E-state index in [1.807, 2.05) is 26.2 Å². The molecule has 1 heterocycles. The highest BCUT2D eigenvalue weighted by Gasteiger charge is 2.29. The number of hydrogen-bond donors (Lipinski definition) is 1. The van der Waals surface area contributed by atoms with Gasteiger partial charge in [-0.1, -0.05) is 6.07 Å². The molecule has 1 unspecified atom stereocenters. The third-order valence-electron chi connectivity index (χ3n) is 3.90. The fourth-order valence-corrected chi connectivity index (χ4v) is 2.79. The van der Waals surface area contributed by atoms with Crippen molar-refractivity contribution < 1.29 is 9.84 Å². The van der Waals surface area contributed by atoms with Crippen LogP contribution in [0.5, 0.6) is 5.75 Å². The Labute approximate surface area is 119 Å². The molecular weight excluding hydrogens is 252 g/mol. The van der Waals surface area contributed by atoms with Gasteiger partial charge in [-0.2, -0.15) is 0 Å². The van der Waals surface area contributed by atoms with Crippen LogP contribution in [-0.2, 0) is 0 Å². The molecule has 1 atom stereocenters. The van der Waals surface area contributed by atoms with Gasteiger partial charge in [0.1, 0.15) is 11.9 Å². The van der Waals surface area contributed by atoms with Gasteiger partial charge in [0.15, 0.2) is 0 Å². The maximum Gasteiger partial charge on any atom is 0.125 e. The summed E-state index contributed by atoms with van der Waals surface area (Å²) in [5.74, 6) is 0.735. The SMILES string of the molecule is COc1cc(C)cc(C)c1C(O)c1cncn1C1CC1. The van der Waals surface area contributed by atoms with Crippen molar-refractivity contribution in [2.45, 2.75) is 38.8 Å². The zero-order valence-electron chi connectivity index (χ0n) is 12.1. The minimum atomic E-state index is -0.700. The van der Waals surface area contributed by atoms with E-state index in [2.05, 4.69) is 15.6 Å². The van der Waals surface area contributed by atoms with E-state index in [1.165, 1.54) is 12.8 Å². The number of imidazole rings is 1. The molecule has 2 aromatic rings. The van der Waals surface area contributed by atoms with E-state index < -0.39 is 6.10 Å². The lowest BCUT2D eigenvalue weighted by molar-refractivity contribution is 0.204. The van der Waals surface area contributed by atoms with Crippen LogP contribution in [0, 0.1) is 13.8 Å². The Morgan fingerprint density at radius 1 is 1.35 bits per heavy atom. The first-order valence-corrected chi connectivity index (χ1v) is 6.96. The van der Waals surface area contributed by atoms with Crippen LogP contribution < -0.4 is 4.74 Å². The smallest absolute Gasteiger partial charge is 0.125 e. The average Bonchev–Trinajstić information content (AvgIpc) is 3.14. The van der Waals surface area contributed by atoms with Crippen LogP contribution in [0.4, 0.5) is 0 Å². The van der Waals surface area contributed by atoms with Gasteiger partial charge in [-0.15, -0.1) is 0 Å². The summed E-state index contributed by atoms with van der Waals surface area (Å²) in [5, 5.41) is 10.8. The van der Waals surface area contributed by atoms with E-state index in [0.717, 1.165) is 28.1 Å². The van der Waals surface area contributed by atoms with Crippen LogP contribution in [-0.4, -0.2) is 21.8 Å². The number of hydrogen-bond acceptors (Lipinski definition) is 3. The number of ether oxygens (including phenoxy) is 1. The Morgan fingerprint density at radius 2 is 2.10 bits per heavy atom. The highest BCUT2D eigenvalue weighted by atomic mass is 16.5. The molecule has 0 amide bonds. The molecule has 1 aromatic carbocycles. The summed E-state index contributed by atoms with van der Waals surface area (Å²) in [6.07, 6.45) is 5.20. The Bertz CT molecular complexity index is 629. The molecule has 0 aliphatic heterocycles. The van der Waals surface area contributed by atoms with E-state index in [0.29, 0.717) is 6.04 Å². The van der Waals surface area contributed by atoms with Gasteiger partial charge in [-0.25, -0.2) is 4.98 Å². The average molecular weight is 272 g/mol. The summed E-state index contributed by atoms with van der Waals surface area (Å²) >= 11 is 0. The lowest BCUT2D eigenvalue weighted by Crippen LogP contribution is -2.10. The molecule has 0 bridgehead atoms. The highest BCUT2D eigenvalue weighted by molar-refractivity contribution is 5.46. The van der Waals surface area contributed by atoms with E-state index in [1.54, 1.807) is 13.3 Å². The van der Waals surface area contributed by atoms with Crippen LogP contribution in [0.2, 0.25) is 0 Å². The summed E-state index contributed by atoms with van der Waals surface area (Å²) < 4.78 is 7.54. The molecule has 1 saturated carbocycles. The standard InChI is InChI=1S/C16H20N2O2/c1-10-6-11(2)15(14(7-10)20-3)16(19)13-8-17-9-18(13)12-4-5-12/h6-9,12,16,19H,4-5H2,1-3H3. The minimum Gasteiger partial charge on any atom is -0.496 e. The van der Waals surface area contributed by atoms with Crippen LogP contribution in [0.25, 0.3) is 0 Å². The molecule has 1 aromatic heterocycles. The van der Waals surface area contributed by atoms with Gasteiger partial charge in [-0.05, 0) is 43.9 Å². The predicted octanol–water partition coefficient (Wildman–Crippen LogP) is 2.93. The number of aromatic nitrogens is 2. The fourth-order valence-electron chi connectivity index (χ4n) is 2.79. The van der Waals surface area contributed by atoms with Gasteiger partial charge in [0.25, 0.3) is 0 Å². The normalized spacial score (nSPS) is 16.2. The zero-order valence-corrected chi connectivity index (χ0v) is 12.1. The van der Waals surface area contributed by atoms with Crippen LogP contribution in [0.15, 0.2) is 24.7 Å². The molecule has 4 heteroatoms. The van der Waals surface area contributed by atoms with Crippen molar-refractivity contribution in [2.24, 2.45) is 0 Å². The van der Waals surface area contributed by atoms with Crippen LogP contribution >= 0.6 is 0 Å². The zero-order chi connectivity index (χ0) is 14.3. The molecule has 1 aliphatic carbocycles.